The number of rotatable bonds is 3. The Morgan fingerprint density at radius 3 is 2.37 bits per heavy atom. The smallest absolute Gasteiger partial charge is 0.460 e. The lowest BCUT2D eigenvalue weighted by Crippen LogP contribution is -2.25. The number of hydrogen-bond donors (Lipinski definition) is 0. The molecule has 0 atom stereocenters. The molecule has 6 heteroatoms. The van der Waals surface area contributed by atoms with Crippen LogP contribution in [-0.2, 0) is 16.0 Å². The lowest BCUT2D eigenvalue weighted by molar-refractivity contribution is -0.274. The Labute approximate surface area is 109 Å². The molecule has 0 spiro atoms. The second-order valence-electron chi connectivity index (χ2n) is 4.96. The minimum Gasteiger partial charge on any atom is -0.460 e. The van der Waals surface area contributed by atoms with Crippen LogP contribution >= 0.6 is 0 Å². The zero-order valence-electron chi connectivity index (χ0n) is 10.9. The van der Waals surface area contributed by atoms with Crippen LogP contribution in [-0.4, -0.2) is 17.9 Å². The van der Waals surface area contributed by atoms with Crippen molar-refractivity contribution in [3.05, 3.63) is 29.8 Å². The van der Waals surface area contributed by atoms with E-state index in [1.165, 1.54) is 18.2 Å². The summed E-state index contributed by atoms with van der Waals surface area (Å²) in [5, 5.41) is 0. The van der Waals surface area contributed by atoms with Gasteiger partial charge in [-0.25, -0.2) is 0 Å². The third kappa shape index (κ3) is 6.69. The fourth-order valence-corrected chi connectivity index (χ4v) is 1.40. The molecule has 0 bridgehead atoms. The average molecular weight is 276 g/mol. The normalized spacial score (nSPS) is 12.1. The molecule has 0 N–H and O–H groups in total. The van der Waals surface area contributed by atoms with E-state index in [-0.39, 0.29) is 12.2 Å². The van der Waals surface area contributed by atoms with Crippen molar-refractivity contribution in [3.8, 4) is 5.75 Å². The molecule has 0 radical (unpaired) electrons. The van der Waals surface area contributed by atoms with E-state index >= 15 is 0 Å². The van der Waals surface area contributed by atoms with Crippen molar-refractivity contribution >= 4 is 5.97 Å². The molecular weight excluding hydrogens is 261 g/mol. The monoisotopic (exact) mass is 276 g/mol. The zero-order chi connectivity index (χ0) is 14.7. The predicted molar refractivity (Wildman–Crippen MR) is 62.7 cm³/mol. The van der Waals surface area contributed by atoms with Gasteiger partial charge in [0.05, 0.1) is 6.42 Å². The molecule has 0 unspecified atom stereocenters. The van der Waals surface area contributed by atoms with Gasteiger partial charge in [-0.15, -0.1) is 13.2 Å². The Balaban J connectivity index is 2.70. The summed E-state index contributed by atoms with van der Waals surface area (Å²) in [6, 6.07) is 5.26. The summed E-state index contributed by atoms with van der Waals surface area (Å²) in [5.41, 5.74) is -0.229. The van der Waals surface area contributed by atoms with Crippen LogP contribution in [0.25, 0.3) is 0 Å². The van der Waals surface area contributed by atoms with Crippen LogP contribution in [0.3, 0.4) is 0 Å². The van der Waals surface area contributed by atoms with Gasteiger partial charge in [0.2, 0.25) is 0 Å². The molecule has 0 aromatic heterocycles. The maximum absolute atomic E-state index is 12.0. The van der Waals surface area contributed by atoms with Gasteiger partial charge in [0, 0.05) is 0 Å². The number of benzene rings is 1. The summed E-state index contributed by atoms with van der Waals surface area (Å²) in [6.07, 6.45) is -4.85. The molecule has 0 saturated heterocycles. The highest BCUT2D eigenvalue weighted by atomic mass is 19.4. The molecule has 0 aliphatic heterocycles. The van der Waals surface area contributed by atoms with Crippen molar-refractivity contribution in [2.45, 2.75) is 39.2 Å². The topological polar surface area (TPSA) is 35.5 Å². The number of carbonyl (C=O) groups is 1. The molecule has 0 fully saturated rings. The highest BCUT2D eigenvalue weighted by molar-refractivity contribution is 5.73. The molecule has 106 valence electrons. The van der Waals surface area contributed by atoms with Gasteiger partial charge >= 0.3 is 12.3 Å². The van der Waals surface area contributed by atoms with Gasteiger partial charge in [0.1, 0.15) is 11.4 Å². The second kappa shape index (κ2) is 5.50. The van der Waals surface area contributed by atoms with Crippen LogP contribution in [0.4, 0.5) is 13.2 Å². The van der Waals surface area contributed by atoms with Crippen LogP contribution in [0, 0.1) is 0 Å². The van der Waals surface area contributed by atoms with Crippen molar-refractivity contribution in [1.82, 2.24) is 0 Å². The molecule has 1 rings (SSSR count). The zero-order valence-corrected chi connectivity index (χ0v) is 10.9. The van der Waals surface area contributed by atoms with Gasteiger partial charge in [-0.05, 0) is 38.5 Å². The number of halogens is 3. The van der Waals surface area contributed by atoms with Crippen molar-refractivity contribution in [3.63, 3.8) is 0 Å². The molecule has 0 aliphatic rings. The van der Waals surface area contributed by atoms with Gasteiger partial charge < -0.3 is 9.47 Å². The fourth-order valence-electron chi connectivity index (χ4n) is 1.40. The van der Waals surface area contributed by atoms with Crippen molar-refractivity contribution in [2.75, 3.05) is 0 Å². The number of carbonyl (C=O) groups excluding carboxylic acids is 1. The Hall–Kier alpha value is -1.72. The lowest BCUT2D eigenvalue weighted by Gasteiger charge is -2.19. The number of esters is 1. The maximum atomic E-state index is 12.0. The van der Waals surface area contributed by atoms with Gasteiger partial charge in [0.15, 0.2) is 0 Å². The summed E-state index contributed by atoms with van der Waals surface area (Å²) >= 11 is 0. The van der Waals surface area contributed by atoms with E-state index < -0.39 is 17.9 Å². The Bertz CT molecular complexity index is 447. The third-order valence-corrected chi connectivity index (χ3v) is 1.90. The molecule has 0 heterocycles. The van der Waals surface area contributed by atoms with Crippen LogP contribution < -0.4 is 4.74 Å². The predicted octanol–water partition coefficient (Wildman–Crippen LogP) is 3.47. The van der Waals surface area contributed by atoms with Gasteiger partial charge in [-0.3, -0.25) is 4.79 Å². The second-order valence-corrected chi connectivity index (χ2v) is 4.96. The first-order chi connectivity index (χ1) is 8.55. The van der Waals surface area contributed by atoms with Crippen LogP contribution in [0.15, 0.2) is 24.3 Å². The first-order valence-electron chi connectivity index (χ1n) is 5.62. The summed E-state index contributed by atoms with van der Waals surface area (Å²) in [4.78, 5) is 11.5. The Kier molecular flexibility index (Phi) is 4.44. The number of ether oxygens (including phenoxy) is 2. The molecule has 0 amide bonds. The van der Waals surface area contributed by atoms with Crippen molar-refractivity contribution in [1.29, 1.82) is 0 Å². The van der Waals surface area contributed by atoms with E-state index in [1.807, 2.05) is 0 Å². The Morgan fingerprint density at radius 2 is 1.84 bits per heavy atom. The van der Waals surface area contributed by atoms with Gasteiger partial charge in [0.25, 0.3) is 0 Å². The Morgan fingerprint density at radius 1 is 1.21 bits per heavy atom. The van der Waals surface area contributed by atoms with E-state index in [0.717, 1.165) is 6.07 Å². The number of alkyl halides is 3. The van der Waals surface area contributed by atoms with Gasteiger partial charge in [-0.1, -0.05) is 12.1 Å². The van der Waals surface area contributed by atoms with E-state index in [9.17, 15) is 18.0 Å². The molecule has 19 heavy (non-hydrogen) atoms. The quantitative estimate of drug-likeness (QED) is 0.793. The molecule has 3 nitrogen and oxygen atoms in total. The minimum atomic E-state index is -4.75. The minimum absolute atomic E-state index is 0.105. The van der Waals surface area contributed by atoms with E-state index in [0.29, 0.717) is 5.56 Å². The summed E-state index contributed by atoms with van der Waals surface area (Å²) in [7, 11) is 0. The standard InChI is InChI=1S/C13H15F3O3/c1-12(2,3)19-11(17)8-9-5-4-6-10(7-9)18-13(14,15)16/h4-7H,8H2,1-3H3. The van der Waals surface area contributed by atoms with Crippen molar-refractivity contribution < 1.29 is 27.4 Å². The molecule has 1 aromatic carbocycles. The highest BCUT2D eigenvalue weighted by Crippen LogP contribution is 2.23. The molecule has 1 aromatic rings. The van der Waals surface area contributed by atoms with E-state index in [1.54, 1.807) is 20.8 Å². The summed E-state index contributed by atoms with van der Waals surface area (Å²) in [5.74, 6) is -0.856. The fraction of sp³-hybridized carbons (Fsp3) is 0.462. The average Bonchev–Trinajstić information content (AvgIpc) is 2.11. The van der Waals surface area contributed by atoms with Crippen LogP contribution in [0.1, 0.15) is 26.3 Å². The van der Waals surface area contributed by atoms with Gasteiger partial charge in [-0.2, -0.15) is 0 Å². The summed E-state index contributed by atoms with van der Waals surface area (Å²) < 4.78 is 45.0. The first kappa shape index (κ1) is 15.3. The highest BCUT2D eigenvalue weighted by Gasteiger charge is 2.31. The van der Waals surface area contributed by atoms with E-state index in [4.69, 9.17) is 4.74 Å². The number of hydrogen-bond acceptors (Lipinski definition) is 3. The van der Waals surface area contributed by atoms with Crippen LogP contribution in [0.2, 0.25) is 0 Å². The lowest BCUT2D eigenvalue weighted by atomic mass is 10.1. The third-order valence-electron chi connectivity index (χ3n) is 1.90. The molecular formula is C13H15F3O3. The van der Waals surface area contributed by atoms with Crippen LogP contribution in [0.5, 0.6) is 5.75 Å². The summed E-state index contributed by atoms with van der Waals surface area (Å²) in [6.45, 7) is 5.15. The maximum Gasteiger partial charge on any atom is 0.573 e. The molecule has 0 saturated carbocycles. The SMILES string of the molecule is CC(C)(C)OC(=O)Cc1cccc(OC(F)(F)F)c1. The van der Waals surface area contributed by atoms with E-state index in [2.05, 4.69) is 4.74 Å². The first-order valence-corrected chi connectivity index (χ1v) is 5.62. The molecule has 0 aliphatic carbocycles. The van der Waals surface area contributed by atoms with Crippen molar-refractivity contribution in [2.24, 2.45) is 0 Å². The largest absolute Gasteiger partial charge is 0.573 e.